The van der Waals surface area contributed by atoms with Crippen LogP contribution in [0.5, 0.6) is 0 Å². The number of nitrogens with zero attached hydrogens (tertiary/aromatic N) is 2. The highest BCUT2D eigenvalue weighted by molar-refractivity contribution is 5.81. The second-order valence-corrected chi connectivity index (χ2v) is 8.07. The molecule has 1 aliphatic heterocycles. The van der Waals surface area contributed by atoms with Gasteiger partial charge in [-0.3, -0.25) is 9.79 Å². The Morgan fingerprint density at radius 2 is 2.00 bits per heavy atom. The number of carbonyl (C=O) groups excluding carboxylic acids is 1. The first kappa shape index (κ1) is 19.5. The zero-order chi connectivity index (χ0) is 18.6. The minimum atomic E-state index is 0.160. The molecule has 26 heavy (non-hydrogen) atoms. The molecular formula is C20H36N4O2. The van der Waals surface area contributed by atoms with Gasteiger partial charge >= 0.3 is 0 Å². The Morgan fingerprint density at radius 3 is 2.54 bits per heavy atom. The summed E-state index contributed by atoms with van der Waals surface area (Å²) >= 11 is 0. The van der Waals surface area contributed by atoms with Gasteiger partial charge in [-0.1, -0.05) is 6.42 Å². The normalized spacial score (nSPS) is 28.4. The Hall–Kier alpha value is -1.30. The number of nitrogens with one attached hydrogen (secondary N) is 2. The molecule has 2 unspecified atom stereocenters. The number of amides is 1. The molecule has 3 rings (SSSR count). The van der Waals surface area contributed by atoms with Crippen LogP contribution in [0.25, 0.3) is 0 Å². The average molecular weight is 365 g/mol. The number of piperidine rings is 1. The number of rotatable bonds is 6. The lowest BCUT2D eigenvalue weighted by atomic mass is 9.51. The van der Waals surface area contributed by atoms with Gasteiger partial charge in [0.2, 0.25) is 5.91 Å². The first-order valence-electron chi connectivity index (χ1n) is 10.5. The molecule has 6 nitrogen and oxygen atoms in total. The highest BCUT2D eigenvalue weighted by atomic mass is 16.5. The number of guanidine groups is 1. The van der Waals surface area contributed by atoms with Crippen molar-refractivity contribution in [3.8, 4) is 0 Å². The van der Waals surface area contributed by atoms with Crippen LogP contribution in [0.15, 0.2) is 4.99 Å². The summed E-state index contributed by atoms with van der Waals surface area (Å²) in [7, 11) is 1.72. The lowest BCUT2D eigenvalue weighted by molar-refractivity contribution is -0.169. The Labute approximate surface area is 158 Å². The molecule has 2 atom stereocenters. The van der Waals surface area contributed by atoms with Crippen LogP contribution in [-0.2, 0) is 9.53 Å². The van der Waals surface area contributed by atoms with Crippen molar-refractivity contribution in [2.24, 2.45) is 16.3 Å². The molecule has 148 valence electrons. The topological polar surface area (TPSA) is 66.0 Å². The lowest BCUT2D eigenvalue weighted by Gasteiger charge is -2.61. The number of carbonyl (C=O) groups is 1. The monoisotopic (exact) mass is 364 g/mol. The van der Waals surface area contributed by atoms with Gasteiger partial charge in [-0.25, -0.2) is 0 Å². The van der Waals surface area contributed by atoms with E-state index in [0.29, 0.717) is 29.9 Å². The molecule has 0 bridgehead atoms. The molecule has 1 amide bonds. The summed E-state index contributed by atoms with van der Waals surface area (Å²) in [5.74, 6) is 1.72. The molecular weight excluding hydrogens is 328 g/mol. The summed E-state index contributed by atoms with van der Waals surface area (Å²) < 4.78 is 5.98. The first-order chi connectivity index (χ1) is 12.6. The quantitative estimate of drug-likeness (QED) is 0.560. The van der Waals surface area contributed by atoms with Gasteiger partial charge in [-0.15, -0.1) is 0 Å². The fourth-order valence-corrected chi connectivity index (χ4v) is 4.90. The number of likely N-dealkylation sites (tertiary alicyclic amines) is 1. The van der Waals surface area contributed by atoms with Crippen molar-refractivity contribution in [1.29, 1.82) is 0 Å². The highest BCUT2D eigenvalue weighted by Crippen LogP contribution is 2.57. The van der Waals surface area contributed by atoms with E-state index < -0.39 is 0 Å². The van der Waals surface area contributed by atoms with Gasteiger partial charge < -0.3 is 20.3 Å². The molecule has 1 spiro atoms. The standard InChI is InChI=1S/C20H36N4O2/c1-4-22-19(24-11-7-15(8-12-24)13-18(25)21-3)23-16-14-17(26-5-2)20(16)9-6-10-20/h15-17H,4-14H2,1-3H3,(H,21,25)(H,22,23). The number of aliphatic imine (C=N–C) groups is 1. The predicted molar refractivity (Wildman–Crippen MR) is 104 cm³/mol. The molecule has 2 saturated carbocycles. The Bertz CT molecular complexity index is 510. The van der Waals surface area contributed by atoms with Crippen LogP contribution in [0, 0.1) is 11.3 Å². The van der Waals surface area contributed by atoms with Gasteiger partial charge in [-0.2, -0.15) is 0 Å². The van der Waals surface area contributed by atoms with E-state index >= 15 is 0 Å². The summed E-state index contributed by atoms with van der Waals surface area (Å²) in [5, 5.41) is 6.53. The van der Waals surface area contributed by atoms with Crippen LogP contribution in [0.4, 0.5) is 0 Å². The van der Waals surface area contributed by atoms with Gasteiger partial charge in [0.25, 0.3) is 0 Å². The maximum absolute atomic E-state index is 11.6. The third kappa shape index (κ3) is 3.85. The van der Waals surface area contributed by atoms with Crippen LogP contribution >= 0.6 is 0 Å². The molecule has 2 N–H and O–H groups in total. The second-order valence-electron chi connectivity index (χ2n) is 8.07. The molecule has 0 aromatic rings. The maximum Gasteiger partial charge on any atom is 0.220 e. The van der Waals surface area contributed by atoms with Crippen molar-refractivity contribution in [2.45, 2.75) is 70.9 Å². The van der Waals surface area contributed by atoms with Crippen molar-refractivity contribution < 1.29 is 9.53 Å². The number of ether oxygens (including phenoxy) is 1. The van der Waals surface area contributed by atoms with E-state index in [9.17, 15) is 4.79 Å². The van der Waals surface area contributed by atoms with Crippen LogP contribution in [-0.4, -0.2) is 62.2 Å². The zero-order valence-corrected chi connectivity index (χ0v) is 16.7. The molecule has 3 aliphatic rings. The molecule has 1 saturated heterocycles. The van der Waals surface area contributed by atoms with Crippen LogP contribution in [0.1, 0.15) is 58.8 Å². The van der Waals surface area contributed by atoms with Gasteiger partial charge in [-0.05, 0) is 51.9 Å². The van der Waals surface area contributed by atoms with Crippen LogP contribution in [0.3, 0.4) is 0 Å². The molecule has 1 heterocycles. The van der Waals surface area contributed by atoms with E-state index in [0.717, 1.165) is 51.5 Å². The summed E-state index contributed by atoms with van der Waals surface area (Å²) in [6, 6.07) is 0.502. The predicted octanol–water partition coefficient (Wildman–Crippen LogP) is 2.15. The highest BCUT2D eigenvalue weighted by Gasteiger charge is 2.59. The van der Waals surface area contributed by atoms with Gasteiger partial charge in [0, 0.05) is 51.2 Å². The fourth-order valence-electron chi connectivity index (χ4n) is 4.90. The van der Waals surface area contributed by atoms with Crippen molar-refractivity contribution in [2.75, 3.05) is 33.3 Å². The van der Waals surface area contributed by atoms with E-state index in [-0.39, 0.29) is 5.91 Å². The van der Waals surface area contributed by atoms with E-state index in [2.05, 4.69) is 29.4 Å². The van der Waals surface area contributed by atoms with Crippen molar-refractivity contribution in [1.82, 2.24) is 15.5 Å². The van der Waals surface area contributed by atoms with Crippen molar-refractivity contribution in [3.05, 3.63) is 0 Å². The Kier molecular flexibility index (Phi) is 6.43. The zero-order valence-electron chi connectivity index (χ0n) is 16.7. The van der Waals surface area contributed by atoms with Gasteiger partial charge in [0.15, 0.2) is 5.96 Å². The van der Waals surface area contributed by atoms with Gasteiger partial charge in [0.05, 0.1) is 6.10 Å². The molecule has 0 aromatic heterocycles. The smallest absolute Gasteiger partial charge is 0.220 e. The van der Waals surface area contributed by atoms with Gasteiger partial charge in [0.1, 0.15) is 0 Å². The summed E-state index contributed by atoms with van der Waals surface area (Å²) in [6.45, 7) is 7.79. The number of hydrogen-bond donors (Lipinski definition) is 2. The second kappa shape index (κ2) is 8.59. The summed E-state index contributed by atoms with van der Waals surface area (Å²) in [4.78, 5) is 18.8. The maximum atomic E-state index is 11.6. The third-order valence-corrected chi connectivity index (χ3v) is 6.72. The van der Waals surface area contributed by atoms with Crippen LogP contribution < -0.4 is 10.6 Å². The van der Waals surface area contributed by atoms with E-state index in [1.54, 1.807) is 7.05 Å². The number of hydrogen-bond acceptors (Lipinski definition) is 3. The Balaban J connectivity index is 1.54. The van der Waals surface area contributed by atoms with E-state index in [4.69, 9.17) is 9.73 Å². The minimum absolute atomic E-state index is 0.160. The summed E-state index contributed by atoms with van der Waals surface area (Å²) in [6.07, 6.45) is 8.20. The largest absolute Gasteiger partial charge is 0.378 e. The molecule has 3 fully saturated rings. The molecule has 6 heteroatoms. The molecule has 2 aliphatic carbocycles. The summed E-state index contributed by atoms with van der Waals surface area (Å²) in [5.41, 5.74) is 0.349. The first-order valence-corrected chi connectivity index (χ1v) is 10.5. The van der Waals surface area contributed by atoms with E-state index in [1.165, 1.54) is 19.3 Å². The fraction of sp³-hybridized carbons (Fsp3) is 0.900. The Morgan fingerprint density at radius 1 is 1.27 bits per heavy atom. The molecule has 0 aromatic carbocycles. The minimum Gasteiger partial charge on any atom is -0.378 e. The average Bonchev–Trinajstić information content (AvgIpc) is 2.59. The molecule has 0 radical (unpaired) electrons. The van der Waals surface area contributed by atoms with Crippen molar-refractivity contribution in [3.63, 3.8) is 0 Å². The lowest BCUT2D eigenvalue weighted by Crippen LogP contribution is -2.69. The SMILES string of the molecule is CCN=C(NC1CC(OCC)C12CCC2)N1CCC(CC(=O)NC)CC1. The third-order valence-electron chi connectivity index (χ3n) is 6.72. The van der Waals surface area contributed by atoms with Crippen LogP contribution in [0.2, 0.25) is 0 Å². The van der Waals surface area contributed by atoms with E-state index in [1.807, 2.05) is 0 Å². The van der Waals surface area contributed by atoms with Crippen molar-refractivity contribution >= 4 is 11.9 Å².